The highest BCUT2D eigenvalue weighted by Gasteiger charge is 2.04. The van der Waals surface area contributed by atoms with Gasteiger partial charge in [-0.3, -0.25) is 4.28 Å². The van der Waals surface area contributed by atoms with Crippen molar-refractivity contribution in [2.45, 2.75) is 6.92 Å². The maximum absolute atomic E-state index is 10.6. The van der Waals surface area contributed by atoms with Crippen molar-refractivity contribution in [1.82, 2.24) is 0 Å². The van der Waals surface area contributed by atoms with Crippen LogP contribution in [0, 0.1) is 6.92 Å². The Bertz CT molecular complexity index is 482. The first kappa shape index (κ1) is 12.0. The summed E-state index contributed by atoms with van der Waals surface area (Å²) in [5, 5.41) is 3.30. The quantitative estimate of drug-likeness (QED) is 0.605. The number of nitrogens with zero attached hydrogens (tertiary/aromatic N) is 1. The molecule has 1 rings (SSSR count). The Morgan fingerprint density at radius 1 is 1.47 bits per heavy atom. The Labute approximate surface area is 93.6 Å². The molecule has 4 nitrogen and oxygen atoms in total. The lowest BCUT2D eigenvalue weighted by Gasteiger charge is -1.99. The lowest BCUT2D eigenvalue weighted by atomic mass is 10.1. The van der Waals surface area contributed by atoms with E-state index >= 15 is 0 Å². The molecule has 0 unspecified atom stereocenters. The Kier molecular flexibility index (Phi) is 3.71. The van der Waals surface area contributed by atoms with Crippen LogP contribution in [0.3, 0.4) is 0 Å². The molecule has 0 aliphatic heterocycles. The van der Waals surface area contributed by atoms with Crippen LogP contribution >= 0.6 is 11.6 Å². The van der Waals surface area contributed by atoms with Gasteiger partial charge in [0.2, 0.25) is 0 Å². The highest BCUT2D eigenvalue weighted by atomic mass is 35.5. The third kappa shape index (κ3) is 4.31. The zero-order valence-electron chi connectivity index (χ0n) is 8.27. The molecule has 0 aliphatic carbocycles. The summed E-state index contributed by atoms with van der Waals surface area (Å²) >= 11 is 5.74. The summed E-state index contributed by atoms with van der Waals surface area (Å²) in [5.74, 6) is 0. The lowest BCUT2D eigenvalue weighted by Crippen LogP contribution is -2.00. The molecule has 15 heavy (non-hydrogen) atoms. The Balaban J connectivity index is 2.90. The summed E-state index contributed by atoms with van der Waals surface area (Å²) in [7, 11) is -3.61. The second-order valence-electron chi connectivity index (χ2n) is 3.03. The van der Waals surface area contributed by atoms with Gasteiger partial charge in [-0.15, -0.1) is 0 Å². The number of benzene rings is 1. The fraction of sp³-hybridized carbons (Fsp3) is 0.222. The number of rotatable bonds is 3. The topological polar surface area (TPSA) is 55.7 Å². The number of halogens is 1. The van der Waals surface area contributed by atoms with Crippen molar-refractivity contribution in [3.05, 3.63) is 35.4 Å². The molecule has 0 amide bonds. The van der Waals surface area contributed by atoms with Crippen molar-refractivity contribution in [3.63, 3.8) is 0 Å². The molecular formula is C9H10ClNO3S. The van der Waals surface area contributed by atoms with Gasteiger partial charge >= 0.3 is 10.1 Å². The van der Waals surface area contributed by atoms with Crippen molar-refractivity contribution in [2.75, 3.05) is 6.26 Å². The molecule has 0 saturated heterocycles. The molecule has 0 bridgehead atoms. The van der Waals surface area contributed by atoms with Crippen molar-refractivity contribution in [3.8, 4) is 0 Å². The molecule has 0 heterocycles. The molecule has 0 aliphatic rings. The van der Waals surface area contributed by atoms with E-state index < -0.39 is 10.1 Å². The minimum absolute atomic E-state index is 0.00382. The van der Waals surface area contributed by atoms with Crippen LogP contribution in [0.4, 0.5) is 0 Å². The molecule has 0 saturated carbocycles. The zero-order valence-corrected chi connectivity index (χ0v) is 9.84. The molecule has 0 aromatic heterocycles. The van der Waals surface area contributed by atoms with Crippen LogP contribution < -0.4 is 0 Å². The SMILES string of the molecule is Cc1cccc(C(Cl)=NOS(C)(=O)=O)c1. The maximum Gasteiger partial charge on any atom is 0.325 e. The van der Waals surface area contributed by atoms with Crippen LogP contribution in [-0.4, -0.2) is 19.8 Å². The van der Waals surface area contributed by atoms with Gasteiger partial charge in [0.15, 0.2) is 5.17 Å². The predicted molar refractivity (Wildman–Crippen MR) is 59.5 cm³/mol. The minimum Gasteiger partial charge on any atom is -0.267 e. The van der Waals surface area contributed by atoms with Gasteiger partial charge in [-0.2, -0.15) is 8.42 Å². The zero-order chi connectivity index (χ0) is 11.5. The van der Waals surface area contributed by atoms with E-state index in [1.54, 1.807) is 18.2 Å². The summed E-state index contributed by atoms with van der Waals surface area (Å²) in [5.41, 5.74) is 1.61. The minimum atomic E-state index is -3.61. The van der Waals surface area contributed by atoms with Crippen LogP contribution in [0.1, 0.15) is 11.1 Å². The van der Waals surface area contributed by atoms with Gasteiger partial charge in [0.05, 0.1) is 6.26 Å². The molecule has 0 fully saturated rings. The van der Waals surface area contributed by atoms with Crippen molar-refractivity contribution >= 4 is 26.9 Å². The summed E-state index contributed by atoms with van der Waals surface area (Å²) in [4.78, 5) is 0. The van der Waals surface area contributed by atoms with E-state index in [1.807, 2.05) is 13.0 Å². The van der Waals surface area contributed by atoms with E-state index in [0.717, 1.165) is 11.8 Å². The fourth-order valence-corrected chi connectivity index (χ4v) is 1.33. The molecule has 0 atom stereocenters. The van der Waals surface area contributed by atoms with E-state index in [9.17, 15) is 8.42 Å². The third-order valence-electron chi connectivity index (χ3n) is 1.51. The van der Waals surface area contributed by atoms with Crippen molar-refractivity contribution < 1.29 is 12.7 Å². The van der Waals surface area contributed by atoms with Gasteiger partial charge in [-0.1, -0.05) is 40.5 Å². The van der Waals surface area contributed by atoms with Crippen LogP contribution in [-0.2, 0) is 14.4 Å². The van der Waals surface area contributed by atoms with Gasteiger partial charge in [0.1, 0.15) is 0 Å². The number of aryl methyl sites for hydroxylation is 1. The predicted octanol–water partition coefficient (Wildman–Crippen LogP) is 1.87. The Hall–Kier alpha value is -1.07. The van der Waals surface area contributed by atoms with Gasteiger partial charge < -0.3 is 0 Å². The number of hydrogen-bond donors (Lipinski definition) is 0. The normalized spacial score (nSPS) is 12.6. The van der Waals surface area contributed by atoms with E-state index in [-0.39, 0.29) is 5.17 Å². The maximum atomic E-state index is 10.6. The van der Waals surface area contributed by atoms with Crippen molar-refractivity contribution in [2.24, 2.45) is 5.16 Å². The van der Waals surface area contributed by atoms with Crippen LogP contribution in [0.15, 0.2) is 29.4 Å². The second-order valence-corrected chi connectivity index (χ2v) is 4.95. The lowest BCUT2D eigenvalue weighted by molar-refractivity contribution is 0.344. The first-order valence-electron chi connectivity index (χ1n) is 4.07. The standard InChI is InChI=1S/C9H10ClNO3S/c1-7-4-3-5-8(6-7)9(10)11-14-15(2,12)13/h3-6H,1-2H3. The number of oxime groups is 1. The summed E-state index contributed by atoms with van der Waals surface area (Å²) in [6.45, 7) is 1.89. The Morgan fingerprint density at radius 2 is 2.13 bits per heavy atom. The summed E-state index contributed by atoms with van der Waals surface area (Å²) < 4.78 is 25.5. The van der Waals surface area contributed by atoms with Crippen LogP contribution in [0.5, 0.6) is 0 Å². The average Bonchev–Trinajstić information content (AvgIpc) is 2.13. The first-order valence-corrected chi connectivity index (χ1v) is 6.27. The van der Waals surface area contributed by atoms with Gasteiger partial charge in [0, 0.05) is 5.56 Å². The van der Waals surface area contributed by atoms with Crippen LogP contribution in [0.25, 0.3) is 0 Å². The fourth-order valence-electron chi connectivity index (χ4n) is 0.927. The molecule has 1 aromatic rings. The van der Waals surface area contributed by atoms with Gasteiger partial charge in [0.25, 0.3) is 0 Å². The first-order chi connectivity index (χ1) is 6.88. The van der Waals surface area contributed by atoms with Crippen molar-refractivity contribution in [1.29, 1.82) is 0 Å². The highest BCUT2D eigenvalue weighted by Crippen LogP contribution is 2.08. The van der Waals surface area contributed by atoms with Gasteiger partial charge in [-0.25, -0.2) is 0 Å². The molecule has 82 valence electrons. The smallest absolute Gasteiger partial charge is 0.267 e. The Morgan fingerprint density at radius 3 is 2.67 bits per heavy atom. The molecular weight excluding hydrogens is 238 g/mol. The molecule has 0 radical (unpaired) electrons. The number of hydrogen-bond acceptors (Lipinski definition) is 4. The van der Waals surface area contributed by atoms with Crippen LogP contribution in [0.2, 0.25) is 0 Å². The average molecular weight is 248 g/mol. The van der Waals surface area contributed by atoms with E-state index in [1.165, 1.54) is 0 Å². The van der Waals surface area contributed by atoms with Gasteiger partial charge in [-0.05, 0) is 13.0 Å². The summed E-state index contributed by atoms with van der Waals surface area (Å²) in [6.07, 6.45) is 0.900. The highest BCUT2D eigenvalue weighted by molar-refractivity contribution is 7.85. The largest absolute Gasteiger partial charge is 0.325 e. The van der Waals surface area contributed by atoms with E-state index in [2.05, 4.69) is 9.44 Å². The summed E-state index contributed by atoms with van der Waals surface area (Å²) in [6, 6.07) is 7.18. The third-order valence-corrected chi connectivity index (χ3v) is 2.14. The van der Waals surface area contributed by atoms with E-state index in [0.29, 0.717) is 5.56 Å². The van der Waals surface area contributed by atoms with E-state index in [4.69, 9.17) is 11.6 Å². The second kappa shape index (κ2) is 4.63. The molecule has 0 N–H and O–H groups in total. The molecule has 6 heteroatoms. The molecule has 0 spiro atoms. The molecule has 1 aromatic carbocycles. The monoisotopic (exact) mass is 247 g/mol.